The molecule has 0 aliphatic heterocycles. The van der Waals surface area contributed by atoms with Crippen molar-refractivity contribution in [3.05, 3.63) is 64.2 Å². The Bertz CT molecular complexity index is 198. The summed E-state index contributed by atoms with van der Waals surface area (Å²) in [6.07, 6.45) is 20.0. The van der Waals surface area contributed by atoms with Crippen LogP contribution in [0, 0.1) is 64.2 Å². The van der Waals surface area contributed by atoms with E-state index in [1.54, 1.807) is 0 Å². The summed E-state index contributed by atoms with van der Waals surface area (Å²) in [7, 11) is 2.49. The first-order valence-corrected chi connectivity index (χ1v) is 6.19. The van der Waals surface area contributed by atoms with Crippen LogP contribution in [-0.2, 0) is 73.7 Å². The predicted molar refractivity (Wildman–Crippen MR) is 82.5 cm³/mol. The van der Waals surface area contributed by atoms with Gasteiger partial charge in [-0.2, -0.15) is 0 Å². The zero-order valence-corrected chi connectivity index (χ0v) is 17.0. The van der Waals surface area contributed by atoms with Gasteiger partial charge in [-0.1, -0.05) is 0 Å². The van der Waals surface area contributed by atoms with E-state index in [4.69, 9.17) is 0 Å². The van der Waals surface area contributed by atoms with Crippen LogP contribution in [0.15, 0.2) is 0 Å². The molecule has 0 atom stereocenters. The van der Waals surface area contributed by atoms with Gasteiger partial charge < -0.3 is 34.7 Å². The second-order valence-corrected chi connectivity index (χ2v) is 3.50. The summed E-state index contributed by atoms with van der Waals surface area (Å²) in [6, 6.07) is 0. The van der Waals surface area contributed by atoms with Gasteiger partial charge in [-0.3, -0.25) is 9.59 Å². The quantitative estimate of drug-likeness (QED) is 0.282. The third kappa shape index (κ3) is 37.1. The fourth-order valence-electron chi connectivity index (χ4n) is 0.642. The van der Waals surface area contributed by atoms with Crippen molar-refractivity contribution >= 4 is 35.9 Å². The normalized spacial score (nSPS) is 13.9. The Morgan fingerprint density at radius 3 is 0.727 bits per heavy atom. The van der Waals surface area contributed by atoms with Crippen molar-refractivity contribution in [2.75, 3.05) is 14.2 Å². The fourth-order valence-corrected chi connectivity index (χ4v) is 0.642. The van der Waals surface area contributed by atoms with Gasteiger partial charge in [0.15, 0.2) is 10.6 Å². The number of ether oxygens (including phenoxy) is 2. The van der Waals surface area contributed by atoms with E-state index in [2.05, 4.69) is 34.7 Å². The Labute approximate surface area is 171 Å². The van der Waals surface area contributed by atoms with Gasteiger partial charge in [0.25, 0.3) is 0 Å². The summed E-state index contributed by atoms with van der Waals surface area (Å²) in [6.45, 7) is 0. The maximum atomic E-state index is 9.41. The van der Waals surface area contributed by atoms with Crippen LogP contribution in [-0.4, -0.2) is 24.8 Å². The summed E-state index contributed by atoms with van der Waals surface area (Å²) in [5, 5.41) is -1.32. The van der Waals surface area contributed by atoms with Crippen molar-refractivity contribution in [3.63, 3.8) is 0 Å². The molecular weight excluding hydrogens is 498 g/mol. The molecule has 0 aromatic heterocycles. The Morgan fingerprint density at radius 1 is 0.591 bits per heavy atom. The first-order valence-electron chi connectivity index (χ1n) is 5.37. The number of hydrogen-bond acceptors (Lipinski definition) is 6. The van der Waals surface area contributed by atoms with E-state index >= 15 is 0 Å². The molecular formula is C14H16O4Ru2S2. The van der Waals surface area contributed by atoms with Crippen LogP contribution in [0.3, 0.4) is 0 Å². The molecule has 22 heavy (non-hydrogen) atoms. The van der Waals surface area contributed by atoms with Crippen molar-refractivity contribution < 1.29 is 58.0 Å². The molecule has 2 rings (SSSR count). The molecule has 2 fully saturated rings. The maximum Gasteiger partial charge on any atom is 1.00 e. The minimum atomic E-state index is -0.662. The summed E-state index contributed by atoms with van der Waals surface area (Å²) in [5.74, 6) is 0. The van der Waals surface area contributed by atoms with E-state index in [0.29, 0.717) is 0 Å². The van der Waals surface area contributed by atoms with Gasteiger partial charge in [-0.25, -0.2) is 0 Å². The van der Waals surface area contributed by atoms with Gasteiger partial charge in [0.2, 0.25) is 0 Å². The van der Waals surface area contributed by atoms with Crippen molar-refractivity contribution in [2.24, 2.45) is 0 Å². The van der Waals surface area contributed by atoms with E-state index in [1.165, 1.54) is 14.2 Å². The molecule has 2 saturated carbocycles. The first kappa shape index (κ1) is 30.5. The fraction of sp³-hybridized carbons (Fsp3) is 0.143. The first-order chi connectivity index (χ1) is 9.54. The van der Waals surface area contributed by atoms with Gasteiger partial charge in [-0.15, -0.1) is 0 Å². The number of rotatable bonds is 0. The standard InChI is InChI=1S/2C5H5.2C2H4O2S.2Ru/c2*1-2-4-5-3-1;2*1-4-2(3)5;;/h2*1-5H;2*1H3,(H,3,5);;/q;;;;2*+1/p-2. The minimum Gasteiger partial charge on any atom is -0.698 e. The van der Waals surface area contributed by atoms with Gasteiger partial charge in [-0.05, 0) is 64.2 Å². The van der Waals surface area contributed by atoms with Crippen LogP contribution >= 0.6 is 0 Å². The largest absolute Gasteiger partial charge is 1.00 e. The van der Waals surface area contributed by atoms with Crippen LogP contribution in [0.4, 0.5) is 9.59 Å². The molecule has 0 amide bonds. The summed E-state index contributed by atoms with van der Waals surface area (Å²) in [5.41, 5.74) is 0. The van der Waals surface area contributed by atoms with Crippen LogP contribution in [0.5, 0.6) is 0 Å². The predicted octanol–water partition coefficient (Wildman–Crippen LogP) is 2.64. The Kier molecular flexibility index (Phi) is 36.8. The van der Waals surface area contributed by atoms with E-state index < -0.39 is 10.6 Å². The molecule has 0 heterocycles. The molecule has 124 valence electrons. The molecule has 2 aliphatic rings. The third-order valence-electron chi connectivity index (χ3n) is 1.44. The van der Waals surface area contributed by atoms with E-state index in [-0.39, 0.29) is 39.0 Å². The Morgan fingerprint density at radius 2 is 0.682 bits per heavy atom. The summed E-state index contributed by atoms with van der Waals surface area (Å²) < 4.78 is 7.85. The molecule has 0 bridgehead atoms. The Hall–Kier alpha value is 0.627. The van der Waals surface area contributed by atoms with E-state index in [1.807, 2.05) is 64.2 Å². The number of hydrogen-bond donors (Lipinski definition) is 0. The van der Waals surface area contributed by atoms with E-state index in [0.717, 1.165) is 0 Å². The monoisotopic (exact) mass is 516 g/mol. The molecule has 12 radical (unpaired) electrons. The SMILES string of the molecule is COC(=O)[S-].COC(=O)[S-].[CH]1[CH][CH][CH][CH]1.[CH]1[CH][CH][CH][CH]1.[Ru+].[Ru+]. The maximum absolute atomic E-state index is 9.41. The molecule has 0 unspecified atom stereocenters. The zero-order valence-electron chi connectivity index (χ0n) is 11.9. The molecule has 0 aromatic carbocycles. The second-order valence-electron chi connectivity index (χ2n) is 2.83. The molecule has 8 heteroatoms. The van der Waals surface area contributed by atoms with Crippen molar-refractivity contribution in [3.8, 4) is 0 Å². The second kappa shape index (κ2) is 26.5. The summed E-state index contributed by atoms with van der Waals surface area (Å²) in [4.78, 5) is 18.8. The van der Waals surface area contributed by atoms with Crippen LogP contribution in [0.25, 0.3) is 0 Å². The average molecular weight is 515 g/mol. The molecule has 0 spiro atoms. The number of carbonyl (C=O) groups is 2. The van der Waals surface area contributed by atoms with E-state index in [9.17, 15) is 9.59 Å². The average Bonchev–Trinajstić information content (AvgIpc) is 3.16. The van der Waals surface area contributed by atoms with Crippen molar-refractivity contribution in [1.29, 1.82) is 0 Å². The molecule has 4 nitrogen and oxygen atoms in total. The van der Waals surface area contributed by atoms with Crippen LogP contribution in [0.2, 0.25) is 0 Å². The molecule has 0 aromatic rings. The van der Waals surface area contributed by atoms with Crippen LogP contribution < -0.4 is 0 Å². The zero-order chi connectivity index (χ0) is 15.6. The van der Waals surface area contributed by atoms with Gasteiger partial charge in [0, 0.05) is 0 Å². The van der Waals surface area contributed by atoms with Crippen molar-refractivity contribution in [1.82, 2.24) is 0 Å². The van der Waals surface area contributed by atoms with Gasteiger partial charge >= 0.3 is 39.0 Å². The number of methoxy groups -OCH3 is 2. The molecule has 2 aliphatic carbocycles. The topological polar surface area (TPSA) is 52.6 Å². The number of carbonyl (C=O) groups excluding carboxylic acids is 2. The van der Waals surface area contributed by atoms with Gasteiger partial charge in [0.05, 0.1) is 14.2 Å². The van der Waals surface area contributed by atoms with Crippen molar-refractivity contribution in [2.45, 2.75) is 0 Å². The third-order valence-corrected chi connectivity index (χ3v) is 1.78. The van der Waals surface area contributed by atoms with Crippen LogP contribution in [0.1, 0.15) is 0 Å². The smallest absolute Gasteiger partial charge is 0.698 e. The molecule has 0 saturated heterocycles. The summed E-state index contributed by atoms with van der Waals surface area (Å²) >= 11 is 7.84. The minimum absolute atomic E-state index is 0. The Balaban J connectivity index is -0.0000000953. The van der Waals surface area contributed by atoms with Gasteiger partial charge in [0.1, 0.15) is 0 Å². The molecule has 0 N–H and O–H groups in total.